The number of anilines is 1. The van der Waals surface area contributed by atoms with Gasteiger partial charge in [0.05, 0.1) is 6.61 Å². The highest BCUT2D eigenvalue weighted by Gasteiger charge is 2.14. The topological polar surface area (TPSA) is 92.3 Å². The van der Waals surface area contributed by atoms with E-state index in [0.717, 1.165) is 47.7 Å². The fraction of sp³-hybridized carbons (Fsp3) is 0.273. The van der Waals surface area contributed by atoms with Gasteiger partial charge < -0.3 is 10.1 Å². The van der Waals surface area contributed by atoms with Crippen LogP contribution in [0.2, 0.25) is 0 Å². The van der Waals surface area contributed by atoms with Crippen molar-refractivity contribution in [3.63, 3.8) is 0 Å². The molecule has 1 aliphatic rings. The maximum Gasteiger partial charge on any atom is 0.224 e. The molecule has 0 aliphatic carbocycles. The summed E-state index contributed by atoms with van der Waals surface area (Å²) in [5, 5.41) is 13.8. The second-order valence-corrected chi connectivity index (χ2v) is 6.98. The number of carbonyl (C=O) groups is 1. The van der Waals surface area contributed by atoms with E-state index in [1.165, 1.54) is 11.1 Å². The third kappa shape index (κ3) is 4.51. The smallest absolute Gasteiger partial charge is 0.224 e. The van der Waals surface area contributed by atoms with Gasteiger partial charge in [-0.05, 0) is 48.6 Å². The molecule has 1 amide bonds. The molecule has 148 valence electrons. The van der Waals surface area contributed by atoms with Crippen molar-refractivity contribution in [1.29, 1.82) is 0 Å². The van der Waals surface area contributed by atoms with Gasteiger partial charge in [-0.25, -0.2) is 0 Å². The molecule has 0 spiro atoms. The first-order valence-electron chi connectivity index (χ1n) is 9.71. The summed E-state index contributed by atoms with van der Waals surface area (Å²) in [6.07, 6.45) is 4.92. The molecule has 0 saturated heterocycles. The van der Waals surface area contributed by atoms with Gasteiger partial charge in [-0.3, -0.25) is 14.9 Å². The molecule has 29 heavy (non-hydrogen) atoms. The summed E-state index contributed by atoms with van der Waals surface area (Å²) in [4.78, 5) is 15.5. The van der Waals surface area contributed by atoms with Gasteiger partial charge in [0.15, 0.2) is 0 Å². The molecule has 7 heteroatoms. The SMILES string of the molecule is C/N=C/c1[nH]nnc1-c1cccc(OCCCc2ccc3c(c2)CCC(=O)N3)c1. The number of aromatic amines is 1. The molecule has 2 N–H and O–H groups in total. The zero-order chi connectivity index (χ0) is 20.1. The summed E-state index contributed by atoms with van der Waals surface area (Å²) in [6, 6.07) is 14.1. The minimum absolute atomic E-state index is 0.0978. The van der Waals surface area contributed by atoms with Gasteiger partial charge in [0, 0.05) is 30.9 Å². The minimum Gasteiger partial charge on any atom is -0.494 e. The Morgan fingerprint density at radius 3 is 3.03 bits per heavy atom. The van der Waals surface area contributed by atoms with E-state index < -0.39 is 0 Å². The van der Waals surface area contributed by atoms with E-state index in [9.17, 15) is 4.79 Å². The number of aliphatic imine (C=N–C) groups is 1. The minimum atomic E-state index is 0.0978. The van der Waals surface area contributed by atoms with Crippen molar-refractivity contribution in [3.05, 3.63) is 59.3 Å². The number of aromatic nitrogens is 3. The molecule has 0 saturated carbocycles. The van der Waals surface area contributed by atoms with Crippen LogP contribution in [0.5, 0.6) is 5.75 Å². The molecule has 1 aromatic heterocycles. The number of benzene rings is 2. The Morgan fingerprint density at radius 2 is 2.14 bits per heavy atom. The number of hydrogen-bond acceptors (Lipinski definition) is 5. The van der Waals surface area contributed by atoms with Crippen molar-refractivity contribution in [3.8, 4) is 17.0 Å². The van der Waals surface area contributed by atoms with Gasteiger partial charge in [-0.1, -0.05) is 29.5 Å². The van der Waals surface area contributed by atoms with Crippen molar-refractivity contribution in [1.82, 2.24) is 15.4 Å². The van der Waals surface area contributed by atoms with Gasteiger partial charge in [0.1, 0.15) is 17.1 Å². The molecular weight excluding hydrogens is 366 g/mol. The molecule has 2 aromatic carbocycles. The third-order valence-electron chi connectivity index (χ3n) is 4.88. The molecule has 0 radical (unpaired) electrons. The van der Waals surface area contributed by atoms with Gasteiger partial charge in [0.2, 0.25) is 5.91 Å². The zero-order valence-corrected chi connectivity index (χ0v) is 16.3. The average Bonchev–Trinajstić information content (AvgIpc) is 3.20. The van der Waals surface area contributed by atoms with Gasteiger partial charge >= 0.3 is 0 Å². The quantitative estimate of drug-likeness (QED) is 0.478. The zero-order valence-electron chi connectivity index (χ0n) is 16.3. The van der Waals surface area contributed by atoms with Crippen molar-refractivity contribution >= 4 is 17.8 Å². The summed E-state index contributed by atoms with van der Waals surface area (Å²) in [5.74, 6) is 0.902. The lowest BCUT2D eigenvalue weighted by molar-refractivity contribution is -0.116. The van der Waals surface area contributed by atoms with Crippen LogP contribution >= 0.6 is 0 Å². The third-order valence-corrected chi connectivity index (χ3v) is 4.88. The first kappa shape index (κ1) is 18.9. The fourth-order valence-corrected chi connectivity index (χ4v) is 3.46. The number of nitrogens with zero attached hydrogens (tertiary/aromatic N) is 3. The second kappa shape index (κ2) is 8.68. The maximum absolute atomic E-state index is 11.5. The molecule has 1 aliphatic heterocycles. The van der Waals surface area contributed by atoms with Crippen LogP contribution in [0.1, 0.15) is 29.7 Å². The van der Waals surface area contributed by atoms with Crippen LogP contribution in [0.3, 0.4) is 0 Å². The Morgan fingerprint density at radius 1 is 1.21 bits per heavy atom. The predicted octanol–water partition coefficient (Wildman–Crippen LogP) is 3.42. The first-order valence-corrected chi connectivity index (χ1v) is 9.71. The molecule has 0 bridgehead atoms. The summed E-state index contributed by atoms with van der Waals surface area (Å²) < 4.78 is 5.94. The molecule has 0 fully saturated rings. The number of H-pyrrole nitrogens is 1. The largest absolute Gasteiger partial charge is 0.494 e. The Hall–Kier alpha value is -3.48. The van der Waals surface area contributed by atoms with Crippen molar-refractivity contribution < 1.29 is 9.53 Å². The number of rotatable bonds is 7. The van der Waals surface area contributed by atoms with E-state index in [4.69, 9.17) is 4.74 Å². The molecule has 0 unspecified atom stereocenters. The lowest BCUT2D eigenvalue weighted by Crippen LogP contribution is -2.19. The van der Waals surface area contributed by atoms with Crippen LogP contribution in [-0.2, 0) is 17.6 Å². The van der Waals surface area contributed by atoms with E-state index >= 15 is 0 Å². The second-order valence-electron chi connectivity index (χ2n) is 6.98. The summed E-state index contributed by atoms with van der Waals surface area (Å²) >= 11 is 0. The summed E-state index contributed by atoms with van der Waals surface area (Å²) in [5.41, 5.74) is 5.88. The van der Waals surface area contributed by atoms with Gasteiger partial charge in [-0.15, -0.1) is 5.10 Å². The number of carbonyl (C=O) groups excluding carboxylic acids is 1. The van der Waals surface area contributed by atoms with E-state index in [0.29, 0.717) is 13.0 Å². The number of hydrogen-bond donors (Lipinski definition) is 2. The van der Waals surface area contributed by atoms with Crippen LogP contribution in [0.25, 0.3) is 11.3 Å². The van der Waals surface area contributed by atoms with Crippen molar-refractivity contribution in [2.24, 2.45) is 4.99 Å². The van der Waals surface area contributed by atoms with Crippen LogP contribution in [0.4, 0.5) is 5.69 Å². The van der Waals surface area contributed by atoms with Gasteiger partial charge in [-0.2, -0.15) is 0 Å². The molecule has 7 nitrogen and oxygen atoms in total. The van der Waals surface area contributed by atoms with Gasteiger partial charge in [0.25, 0.3) is 0 Å². The molecular formula is C22H23N5O2. The highest BCUT2D eigenvalue weighted by atomic mass is 16.5. The lowest BCUT2D eigenvalue weighted by atomic mass is 9.99. The number of fused-ring (bicyclic) bond motifs is 1. The lowest BCUT2D eigenvalue weighted by Gasteiger charge is -2.17. The number of ether oxygens (including phenoxy) is 1. The van der Waals surface area contributed by atoms with E-state index in [-0.39, 0.29) is 5.91 Å². The summed E-state index contributed by atoms with van der Waals surface area (Å²) in [7, 11) is 1.71. The van der Waals surface area contributed by atoms with Crippen LogP contribution in [0, 0.1) is 0 Å². The Labute approximate surface area is 169 Å². The maximum atomic E-state index is 11.5. The Kier molecular flexibility index (Phi) is 5.65. The highest BCUT2D eigenvalue weighted by Crippen LogP contribution is 2.25. The molecule has 4 rings (SSSR count). The monoisotopic (exact) mass is 389 g/mol. The number of aryl methyl sites for hydroxylation is 2. The predicted molar refractivity (Wildman–Crippen MR) is 113 cm³/mol. The first-order chi connectivity index (χ1) is 14.2. The van der Waals surface area contributed by atoms with Crippen molar-refractivity contribution in [2.75, 3.05) is 19.0 Å². The average molecular weight is 389 g/mol. The highest BCUT2D eigenvalue weighted by molar-refractivity contribution is 5.93. The van der Waals surface area contributed by atoms with Crippen LogP contribution < -0.4 is 10.1 Å². The number of nitrogens with one attached hydrogen (secondary N) is 2. The summed E-state index contributed by atoms with van der Waals surface area (Å²) in [6.45, 7) is 0.624. The van der Waals surface area contributed by atoms with Crippen molar-refractivity contribution in [2.45, 2.75) is 25.7 Å². The van der Waals surface area contributed by atoms with Crippen LogP contribution in [0.15, 0.2) is 47.5 Å². The van der Waals surface area contributed by atoms with E-state index in [2.05, 4.69) is 37.9 Å². The van der Waals surface area contributed by atoms with E-state index in [1.54, 1.807) is 13.3 Å². The molecule has 0 atom stereocenters. The van der Waals surface area contributed by atoms with E-state index in [1.807, 2.05) is 30.3 Å². The Balaban J connectivity index is 1.33. The fourth-order valence-electron chi connectivity index (χ4n) is 3.46. The molecule has 3 aromatic rings. The number of amides is 1. The van der Waals surface area contributed by atoms with Crippen LogP contribution in [-0.4, -0.2) is 41.2 Å². The standard InChI is InChI=1S/C22H23N5O2/c1-23-14-20-22(26-27-25-20)17-5-2-6-18(13-17)29-11-3-4-15-7-9-19-16(12-15)8-10-21(28)24-19/h2,5-7,9,12-14H,3-4,8,10-11H2,1H3,(H,24,28)(H,25,26,27)/b23-14+. The Bertz CT molecular complexity index is 1040. The normalized spacial score (nSPS) is 13.3. The molecule has 2 heterocycles.